The van der Waals surface area contributed by atoms with E-state index in [-0.39, 0.29) is 18.3 Å². The van der Waals surface area contributed by atoms with Crippen LogP contribution in [0.4, 0.5) is 15.2 Å². The first-order valence-electron chi connectivity index (χ1n) is 11.8. The monoisotopic (exact) mass is 522 g/mol. The van der Waals surface area contributed by atoms with E-state index >= 15 is 0 Å². The molecule has 5 aromatic rings. The maximum absolute atomic E-state index is 13.4. The number of nitrogens with zero attached hydrogens (tertiary/aromatic N) is 2. The van der Waals surface area contributed by atoms with Gasteiger partial charge in [-0.05, 0) is 54.1 Å². The van der Waals surface area contributed by atoms with Gasteiger partial charge in [-0.15, -0.1) is 11.3 Å². The lowest BCUT2D eigenvalue weighted by Crippen LogP contribution is -2.17. The number of ether oxygens (including phenoxy) is 1. The molecule has 0 bridgehead atoms. The highest BCUT2D eigenvalue weighted by Gasteiger charge is 2.09. The number of hydrogen-bond donors (Lipinski definition) is 2. The van der Waals surface area contributed by atoms with Gasteiger partial charge >= 0.3 is 0 Å². The zero-order valence-electron chi connectivity index (χ0n) is 20.2. The average Bonchev–Trinajstić information content (AvgIpc) is 3.41. The summed E-state index contributed by atoms with van der Waals surface area (Å²) < 4.78 is 19.2. The van der Waals surface area contributed by atoms with Gasteiger partial charge in [0.05, 0.1) is 11.9 Å². The lowest BCUT2D eigenvalue weighted by molar-refractivity contribution is 0.0955. The van der Waals surface area contributed by atoms with Crippen LogP contribution >= 0.6 is 11.3 Å². The Morgan fingerprint density at radius 3 is 2.55 bits per heavy atom. The van der Waals surface area contributed by atoms with Crippen molar-refractivity contribution >= 4 is 34.3 Å². The first-order valence-corrected chi connectivity index (χ1v) is 12.7. The number of halogens is 1. The molecule has 0 spiro atoms. The summed E-state index contributed by atoms with van der Waals surface area (Å²) in [5, 5.41) is 10.1. The van der Waals surface area contributed by atoms with Crippen LogP contribution in [0.25, 0.3) is 11.3 Å². The highest BCUT2D eigenvalue weighted by molar-refractivity contribution is 7.14. The van der Waals surface area contributed by atoms with Gasteiger partial charge in [-0.1, -0.05) is 54.6 Å². The molecule has 2 N–H and O–H groups in total. The number of rotatable bonds is 9. The van der Waals surface area contributed by atoms with Gasteiger partial charge in [-0.2, -0.15) is 5.10 Å². The van der Waals surface area contributed by atoms with Gasteiger partial charge in [-0.25, -0.2) is 14.8 Å². The zero-order valence-corrected chi connectivity index (χ0v) is 21.0. The molecule has 0 saturated carbocycles. The molecule has 0 atom stereocenters. The predicted octanol–water partition coefficient (Wildman–Crippen LogP) is 7.04. The molecule has 5 rings (SSSR count). The van der Waals surface area contributed by atoms with Gasteiger partial charge < -0.3 is 10.1 Å². The lowest BCUT2D eigenvalue weighted by atomic mass is 10.1. The molecule has 8 heteroatoms. The molecule has 1 amide bonds. The number of aromatic nitrogens is 1. The minimum atomic E-state index is -0.337. The summed E-state index contributed by atoms with van der Waals surface area (Å²) in [4.78, 5) is 17.2. The molecule has 0 fully saturated rings. The molecule has 4 aromatic carbocycles. The molecule has 0 aliphatic rings. The van der Waals surface area contributed by atoms with Crippen molar-refractivity contribution in [1.82, 2.24) is 10.4 Å². The number of hydrogen-bond acceptors (Lipinski definition) is 6. The van der Waals surface area contributed by atoms with Crippen LogP contribution in [0, 0.1) is 5.82 Å². The number of hydrazone groups is 1. The van der Waals surface area contributed by atoms with Gasteiger partial charge in [0.2, 0.25) is 0 Å². The second-order valence-electron chi connectivity index (χ2n) is 8.26. The number of carbonyl (C=O) groups is 1. The molecule has 0 aliphatic carbocycles. The van der Waals surface area contributed by atoms with Gasteiger partial charge in [0.25, 0.3) is 5.91 Å². The summed E-state index contributed by atoms with van der Waals surface area (Å²) >= 11 is 1.51. The van der Waals surface area contributed by atoms with Crippen molar-refractivity contribution in [3.63, 3.8) is 0 Å². The third kappa shape index (κ3) is 6.48. The SMILES string of the molecule is O=C(N/N=C\c1ccccc1OCc1cccc(F)c1)c1ccc(-c2csc(Nc3ccccc3)n2)cc1. The fourth-order valence-electron chi connectivity index (χ4n) is 3.63. The fourth-order valence-corrected chi connectivity index (χ4v) is 4.37. The van der Waals surface area contributed by atoms with Crippen molar-refractivity contribution < 1.29 is 13.9 Å². The Morgan fingerprint density at radius 1 is 0.947 bits per heavy atom. The Bertz CT molecular complexity index is 1550. The first-order chi connectivity index (χ1) is 18.6. The van der Waals surface area contributed by atoms with Crippen LogP contribution in [0.2, 0.25) is 0 Å². The fraction of sp³-hybridized carbons (Fsp3) is 0.0333. The lowest BCUT2D eigenvalue weighted by Gasteiger charge is -2.09. The van der Waals surface area contributed by atoms with Crippen LogP contribution in [0.15, 0.2) is 114 Å². The molecule has 188 valence electrons. The van der Waals surface area contributed by atoms with Gasteiger partial charge in [-0.3, -0.25) is 4.79 Å². The van der Waals surface area contributed by atoms with Crippen molar-refractivity contribution in [3.05, 3.63) is 131 Å². The van der Waals surface area contributed by atoms with Crippen LogP contribution in [0.1, 0.15) is 21.5 Å². The van der Waals surface area contributed by atoms with E-state index in [1.807, 2.05) is 66.0 Å². The highest BCUT2D eigenvalue weighted by atomic mass is 32.1. The second kappa shape index (κ2) is 11.9. The molecular formula is C30H23FN4O2S. The van der Waals surface area contributed by atoms with E-state index in [4.69, 9.17) is 4.74 Å². The third-order valence-corrected chi connectivity index (χ3v) is 6.30. The summed E-state index contributed by atoms with van der Waals surface area (Å²) in [5.74, 6) is -0.0766. The smallest absolute Gasteiger partial charge is 0.271 e. The topological polar surface area (TPSA) is 75.6 Å². The quantitative estimate of drug-likeness (QED) is 0.161. The average molecular weight is 523 g/mol. The summed E-state index contributed by atoms with van der Waals surface area (Å²) in [6.07, 6.45) is 1.52. The minimum absolute atomic E-state index is 0.212. The molecule has 0 aliphatic heterocycles. The Kier molecular flexibility index (Phi) is 7.81. The van der Waals surface area contributed by atoms with Crippen LogP contribution in [-0.2, 0) is 6.61 Å². The number of amides is 1. The molecule has 1 aromatic heterocycles. The number of thiazole rings is 1. The Labute approximate surface area is 223 Å². The van der Waals surface area contributed by atoms with Crippen molar-refractivity contribution in [2.75, 3.05) is 5.32 Å². The maximum atomic E-state index is 13.4. The van der Waals surface area contributed by atoms with Crippen molar-refractivity contribution in [2.45, 2.75) is 6.61 Å². The molecule has 1 heterocycles. The van der Waals surface area contributed by atoms with Gasteiger partial charge in [0.15, 0.2) is 5.13 Å². The highest BCUT2D eigenvalue weighted by Crippen LogP contribution is 2.27. The van der Waals surface area contributed by atoms with E-state index in [2.05, 4.69) is 20.8 Å². The van der Waals surface area contributed by atoms with Crippen molar-refractivity contribution in [3.8, 4) is 17.0 Å². The zero-order chi connectivity index (χ0) is 26.2. The van der Waals surface area contributed by atoms with Crippen LogP contribution in [-0.4, -0.2) is 17.1 Å². The van der Waals surface area contributed by atoms with E-state index in [1.54, 1.807) is 30.3 Å². The van der Waals surface area contributed by atoms with E-state index in [1.165, 1.54) is 29.7 Å². The molecular weight excluding hydrogens is 499 g/mol. The summed E-state index contributed by atoms with van der Waals surface area (Å²) in [5.41, 5.74) is 7.13. The number of nitrogens with one attached hydrogen (secondary N) is 2. The van der Waals surface area contributed by atoms with Crippen molar-refractivity contribution in [2.24, 2.45) is 5.10 Å². The van der Waals surface area contributed by atoms with Crippen molar-refractivity contribution in [1.29, 1.82) is 0 Å². The second-order valence-corrected chi connectivity index (χ2v) is 9.12. The number of benzene rings is 4. The summed E-state index contributed by atoms with van der Waals surface area (Å²) in [6.45, 7) is 0.212. The Balaban J connectivity index is 1.18. The number of anilines is 2. The standard InChI is InChI=1S/C30H23FN4O2S/c31-25-9-6-7-21(17-25)19-37-28-12-5-4-8-24(28)18-32-35-29(36)23-15-13-22(14-16-23)27-20-38-30(34-27)33-26-10-2-1-3-11-26/h1-18,20H,19H2,(H,33,34)(H,35,36)/b32-18-. The van der Waals surface area contributed by atoms with E-state index < -0.39 is 0 Å². The van der Waals surface area contributed by atoms with Crippen LogP contribution in [0.3, 0.4) is 0 Å². The third-order valence-electron chi connectivity index (χ3n) is 5.54. The van der Waals surface area contributed by atoms with Gasteiger partial charge in [0.1, 0.15) is 18.2 Å². The molecule has 0 saturated heterocycles. The minimum Gasteiger partial charge on any atom is -0.488 e. The first kappa shape index (κ1) is 24.9. The predicted molar refractivity (Wildman–Crippen MR) is 150 cm³/mol. The van der Waals surface area contributed by atoms with E-state index in [0.29, 0.717) is 16.9 Å². The van der Waals surface area contributed by atoms with E-state index in [0.717, 1.165) is 27.6 Å². The van der Waals surface area contributed by atoms with E-state index in [9.17, 15) is 9.18 Å². The number of carbonyl (C=O) groups excluding carboxylic acids is 1. The van der Waals surface area contributed by atoms with Gasteiger partial charge in [0, 0.05) is 27.8 Å². The summed E-state index contributed by atoms with van der Waals surface area (Å²) in [6, 6.07) is 30.6. The summed E-state index contributed by atoms with van der Waals surface area (Å²) in [7, 11) is 0. The largest absolute Gasteiger partial charge is 0.488 e. The normalized spacial score (nSPS) is 10.9. The van der Waals surface area contributed by atoms with Crippen LogP contribution < -0.4 is 15.5 Å². The maximum Gasteiger partial charge on any atom is 0.271 e. The Morgan fingerprint density at radius 2 is 1.74 bits per heavy atom. The molecule has 38 heavy (non-hydrogen) atoms. The molecule has 0 unspecified atom stereocenters. The Hall–Kier alpha value is -4.82. The number of para-hydroxylation sites is 2. The van der Waals surface area contributed by atoms with Crippen LogP contribution in [0.5, 0.6) is 5.75 Å². The molecule has 6 nitrogen and oxygen atoms in total. The molecule has 0 radical (unpaired) electrons.